The van der Waals surface area contributed by atoms with Crippen LogP contribution in [0.2, 0.25) is 0 Å². The summed E-state index contributed by atoms with van der Waals surface area (Å²) in [6.45, 7) is 4.22. The Morgan fingerprint density at radius 3 is 2.50 bits per heavy atom. The Labute approximate surface area is 96.5 Å². The van der Waals surface area contributed by atoms with Gasteiger partial charge in [0.15, 0.2) is 6.04 Å². The van der Waals surface area contributed by atoms with Crippen LogP contribution in [0, 0.1) is 0 Å². The molecule has 94 valence electrons. The van der Waals surface area contributed by atoms with Crippen molar-refractivity contribution in [2.45, 2.75) is 39.2 Å². The van der Waals surface area contributed by atoms with Crippen LogP contribution in [0.4, 0.5) is 0 Å². The highest BCUT2D eigenvalue weighted by Gasteiger charge is 2.19. The summed E-state index contributed by atoms with van der Waals surface area (Å²) in [7, 11) is 1.29. The van der Waals surface area contributed by atoms with Crippen LogP contribution in [0.15, 0.2) is 0 Å². The molecule has 0 aliphatic rings. The lowest BCUT2D eigenvalue weighted by Crippen LogP contribution is -2.43. The van der Waals surface area contributed by atoms with E-state index in [1.165, 1.54) is 14.0 Å². The topological polar surface area (TPSA) is 64.6 Å². The molecule has 1 amide bonds. The van der Waals surface area contributed by atoms with Gasteiger partial charge in [0.2, 0.25) is 5.91 Å². The minimum absolute atomic E-state index is 0.163. The molecule has 0 fully saturated rings. The van der Waals surface area contributed by atoms with Gasteiger partial charge in [-0.05, 0) is 6.42 Å². The number of methoxy groups -OCH3 is 1. The molecule has 16 heavy (non-hydrogen) atoms. The average molecular weight is 231 g/mol. The highest BCUT2D eigenvalue weighted by molar-refractivity contribution is 5.83. The van der Waals surface area contributed by atoms with Gasteiger partial charge in [0.25, 0.3) is 0 Å². The predicted molar refractivity (Wildman–Crippen MR) is 60.0 cm³/mol. The fourth-order valence-electron chi connectivity index (χ4n) is 1.21. The van der Waals surface area contributed by atoms with E-state index in [-0.39, 0.29) is 12.5 Å². The number of amides is 1. The van der Waals surface area contributed by atoms with Crippen molar-refractivity contribution in [2.24, 2.45) is 0 Å². The van der Waals surface area contributed by atoms with Crippen molar-refractivity contribution >= 4 is 11.9 Å². The third-order valence-corrected chi connectivity index (χ3v) is 2.04. The van der Waals surface area contributed by atoms with E-state index in [1.54, 1.807) is 0 Å². The fourth-order valence-corrected chi connectivity index (χ4v) is 1.21. The van der Waals surface area contributed by atoms with Gasteiger partial charge in [-0.1, -0.05) is 19.8 Å². The second-order valence-corrected chi connectivity index (χ2v) is 3.56. The maximum Gasteiger partial charge on any atom is 0.330 e. The van der Waals surface area contributed by atoms with E-state index in [4.69, 9.17) is 4.74 Å². The zero-order chi connectivity index (χ0) is 12.4. The van der Waals surface area contributed by atoms with Crippen molar-refractivity contribution in [1.82, 2.24) is 5.32 Å². The number of rotatable bonds is 8. The zero-order valence-electron chi connectivity index (χ0n) is 10.2. The van der Waals surface area contributed by atoms with E-state index in [9.17, 15) is 9.59 Å². The molecular weight excluding hydrogens is 210 g/mol. The first-order valence-corrected chi connectivity index (χ1v) is 5.54. The van der Waals surface area contributed by atoms with Crippen LogP contribution in [0.3, 0.4) is 0 Å². The summed E-state index contributed by atoms with van der Waals surface area (Å²) < 4.78 is 9.86. The van der Waals surface area contributed by atoms with Gasteiger partial charge in [-0.15, -0.1) is 0 Å². The zero-order valence-corrected chi connectivity index (χ0v) is 10.2. The summed E-state index contributed by atoms with van der Waals surface area (Å²) in [6.07, 6.45) is 3.18. The Hall–Kier alpha value is -1.10. The van der Waals surface area contributed by atoms with Crippen molar-refractivity contribution in [1.29, 1.82) is 0 Å². The van der Waals surface area contributed by atoms with Crippen molar-refractivity contribution in [2.75, 3.05) is 20.3 Å². The van der Waals surface area contributed by atoms with Crippen molar-refractivity contribution in [3.63, 3.8) is 0 Å². The molecule has 5 nitrogen and oxygen atoms in total. The predicted octanol–water partition coefficient (Wildman–Crippen LogP) is 0.871. The third-order valence-electron chi connectivity index (χ3n) is 2.04. The quantitative estimate of drug-likeness (QED) is 0.497. The molecular formula is C11H21NO4. The minimum Gasteiger partial charge on any atom is -0.467 e. The monoisotopic (exact) mass is 231 g/mol. The Kier molecular flexibility index (Phi) is 8.52. The number of carbonyl (C=O) groups excluding carboxylic acids is 2. The fraction of sp³-hybridized carbons (Fsp3) is 0.818. The molecule has 0 aromatic heterocycles. The standard InChI is InChI=1S/C11H21NO4/c1-4-5-6-7-16-8-10(11(14)15-3)12-9(2)13/h10H,4-8H2,1-3H3,(H,12,13). The van der Waals surface area contributed by atoms with Crippen LogP contribution in [0.25, 0.3) is 0 Å². The maximum absolute atomic E-state index is 11.3. The highest BCUT2D eigenvalue weighted by atomic mass is 16.5. The van der Waals surface area contributed by atoms with E-state index in [1.807, 2.05) is 0 Å². The Balaban J connectivity index is 3.83. The van der Waals surface area contributed by atoms with Gasteiger partial charge in [-0.2, -0.15) is 0 Å². The summed E-state index contributed by atoms with van der Waals surface area (Å²) in [6, 6.07) is -0.705. The van der Waals surface area contributed by atoms with Crippen molar-refractivity contribution < 1.29 is 19.1 Å². The molecule has 0 aromatic carbocycles. The molecule has 0 radical (unpaired) electrons. The first kappa shape index (κ1) is 14.9. The Bertz CT molecular complexity index is 218. The lowest BCUT2D eigenvalue weighted by Gasteiger charge is -2.15. The molecule has 0 rings (SSSR count). The normalized spacial score (nSPS) is 11.9. The molecule has 5 heteroatoms. The van der Waals surface area contributed by atoms with Crippen molar-refractivity contribution in [3.8, 4) is 0 Å². The number of unbranched alkanes of at least 4 members (excludes halogenated alkanes) is 2. The van der Waals surface area contributed by atoms with E-state index in [0.29, 0.717) is 6.61 Å². The van der Waals surface area contributed by atoms with Gasteiger partial charge < -0.3 is 14.8 Å². The van der Waals surface area contributed by atoms with Gasteiger partial charge in [0.1, 0.15) is 0 Å². The second-order valence-electron chi connectivity index (χ2n) is 3.56. The molecule has 0 aromatic rings. The number of hydrogen-bond donors (Lipinski definition) is 1. The van der Waals surface area contributed by atoms with Crippen LogP contribution in [-0.4, -0.2) is 38.2 Å². The molecule has 0 bridgehead atoms. The van der Waals surface area contributed by atoms with Crippen molar-refractivity contribution in [3.05, 3.63) is 0 Å². The van der Waals surface area contributed by atoms with Crippen LogP contribution in [0.5, 0.6) is 0 Å². The maximum atomic E-state index is 11.3. The number of hydrogen-bond acceptors (Lipinski definition) is 4. The molecule has 0 heterocycles. The average Bonchev–Trinajstić information content (AvgIpc) is 2.25. The third kappa shape index (κ3) is 7.23. The molecule has 0 saturated carbocycles. The Morgan fingerprint density at radius 2 is 2.00 bits per heavy atom. The molecule has 1 unspecified atom stereocenters. The summed E-state index contributed by atoms with van der Waals surface area (Å²) in [5, 5.41) is 2.48. The lowest BCUT2D eigenvalue weighted by atomic mass is 10.2. The van der Waals surface area contributed by atoms with Crippen LogP contribution in [0.1, 0.15) is 33.1 Å². The van der Waals surface area contributed by atoms with Gasteiger partial charge in [0, 0.05) is 13.5 Å². The van der Waals surface area contributed by atoms with Crippen LogP contribution < -0.4 is 5.32 Å². The highest BCUT2D eigenvalue weighted by Crippen LogP contribution is 1.96. The van der Waals surface area contributed by atoms with Gasteiger partial charge in [-0.3, -0.25) is 4.79 Å². The summed E-state index contributed by atoms with van der Waals surface area (Å²) in [5.41, 5.74) is 0. The first-order valence-electron chi connectivity index (χ1n) is 5.54. The number of esters is 1. The summed E-state index contributed by atoms with van der Waals surface area (Å²) in [5.74, 6) is -0.752. The summed E-state index contributed by atoms with van der Waals surface area (Å²) in [4.78, 5) is 22.1. The van der Waals surface area contributed by atoms with E-state index in [2.05, 4.69) is 17.0 Å². The molecule has 0 spiro atoms. The van der Waals surface area contributed by atoms with E-state index >= 15 is 0 Å². The SMILES string of the molecule is CCCCCOCC(NC(C)=O)C(=O)OC. The molecule has 0 aliphatic heterocycles. The van der Waals surface area contributed by atoms with Gasteiger partial charge in [0.05, 0.1) is 13.7 Å². The van der Waals surface area contributed by atoms with Crippen LogP contribution >= 0.6 is 0 Å². The molecule has 1 atom stereocenters. The smallest absolute Gasteiger partial charge is 0.330 e. The molecule has 1 N–H and O–H groups in total. The van der Waals surface area contributed by atoms with E-state index < -0.39 is 12.0 Å². The number of nitrogens with one attached hydrogen (secondary N) is 1. The lowest BCUT2D eigenvalue weighted by molar-refractivity contribution is -0.146. The summed E-state index contributed by atoms with van der Waals surface area (Å²) >= 11 is 0. The van der Waals surface area contributed by atoms with Gasteiger partial charge >= 0.3 is 5.97 Å². The number of carbonyl (C=O) groups is 2. The number of ether oxygens (including phenoxy) is 2. The minimum atomic E-state index is -0.705. The van der Waals surface area contributed by atoms with Crippen LogP contribution in [-0.2, 0) is 19.1 Å². The Morgan fingerprint density at radius 1 is 1.31 bits per heavy atom. The molecule has 0 saturated heterocycles. The van der Waals surface area contributed by atoms with E-state index in [0.717, 1.165) is 19.3 Å². The largest absolute Gasteiger partial charge is 0.467 e. The first-order chi connectivity index (χ1) is 7.61. The molecule has 0 aliphatic carbocycles. The second kappa shape index (κ2) is 9.15. The van der Waals surface area contributed by atoms with Gasteiger partial charge in [-0.25, -0.2) is 4.79 Å².